The first-order valence-corrected chi connectivity index (χ1v) is 11.5. The normalized spacial score (nSPS) is 29.1. The number of rotatable bonds is 6. The molecule has 7 nitrogen and oxygen atoms in total. The molecule has 170 valence electrons. The second kappa shape index (κ2) is 8.19. The summed E-state index contributed by atoms with van der Waals surface area (Å²) >= 11 is 0. The number of amides is 2. The van der Waals surface area contributed by atoms with Crippen LogP contribution in [-0.2, 0) is 11.2 Å². The molecule has 3 aliphatic carbocycles. The molecule has 3 saturated carbocycles. The second-order valence-electron chi connectivity index (χ2n) is 9.42. The van der Waals surface area contributed by atoms with E-state index < -0.39 is 5.72 Å². The summed E-state index contributed by atoms with van der Waals surface area (Å²) < 4.78 is 17.1. The van der Waals surface area contributed by atoms with E-state index in [4.69, 9.17) is 13.9 Å². The first kappa shape index (κ1) is 20.9. The zero-order chi connectivity index (χ0) is 22.3. The summed E-state index contributed by atoms with van der Waals surface area (Å²) in [6, 6.07) is 9.20. The van der Waals surface area contributed by atoms with Crippen molar-refractivity contribution in [2.24, 2.45) is 17.8 Å². The molecule has 4 aliphatic rings. The van der Waals surface area contributed by atoms with Gasteiger partial charge in [0.15, 0.2) is 5.72 Å². The molecule has 2 amide bonds. The van der Waals surface area contributed by atoms with Crippen molar-refractivity contribution in [1.82, 2.24) is 10.6 Å². The summed E-state index contributed by atoms with van der Waals surface area (Å²) in [5, 5.41) is 6.35. The third-order valence-corrected chi connectivity index (χ3v) is 7.40. The Kier molecular flexibility index (Phi) is 5.35. The minimum absolute atomic E-state index is 0.0438. The monoisotopic (exact) mass is 438 g/mol. The number of ether oxygens (including phenoxy) is 2. The van der Waals surface area contributed by atoms with Crippen LogP contribution in [0.2, 0.25) is 0 Å². The maximum Gasteiger partial charge on any atom is 0.258 e. The van der Waals surface area contributed by atoms with Gasteiger partial charge in [-0.1, -0.05) is 0 Å². The van der Waals surface area contributed by atoms with Crippen LogP contribution in [0.4, 0.5) is 0 Å². The maximum absolute atomic E-state index is 13.1. The van der Waals surface area contributed by atoms with Crippen molar-refractivity contribution in [2.45, 2.75) is 57.2 Å². The van der Waals surface area contributed by atoms with Crippen molar-refractivity contribution >= 4 is 11.8 Å². The first-order valence-electron chi connectivity index (χ1n) is 11.5. The molecule has 32 heavy (non-hydrogen) atoms. The number of benzene rings is 1. The van der Waals surface area contributed by atoms with E-state index in [1.165, 1.54) is 0 Å². The molecule has 2 heterocycles. The van der Waals surface area contributed by atoms with Crippen LogP contribution in [0.3, 0.4) is 0 Å². The molecule has 0 radical (unpaired) electrons. The van der Waals surface area contributed by atoms with E-state index >= 15 is 0 Å². The third kappa shape index (κ3) is 3.74. The molecule has 1 spiro atoms. The lowest BCUT2D eigenvalue weighted by Gasteiger charge is -2.55. The topological polar surface area (TPSA) is 89.8 Å². The molecule has 1 aromatic heterocycles. The minimum atomic E-state index is -0.735. The fourth-order valence-corrected chi connectivity index (χ4v) is 5.68. The Bertz CT molecular complexity index is 1000. The molecular weight excluding hydrogens is 408 g/mol. The van der Waals surface area contributed by atoms with E-state index in [2.05, 4.69) is 10.6 Å². The van der Waals surface area contributed by atoms with Crippen LogP contribution < -0.4 is 20.1 Å². The Balaban J connectivity index is 1.25. The van der Waals surface area contributed by atoms with Gasteiger partial charge in [-0.2, -0.15) is 0 Å². The summed E-state index contributed by atoms with van der Waals surface area (Å²) in [7, 11) is 1.60. The number of hydrogen-bond acceptors (Lipinski definition) is 5. The molecule has 0 saturated heterocycles. The lowest BCUT2D eigenvalue weighted by molar-refractivity contribution is -0.147. The third-order valence-electron chi connectivity index (χ3n) is 7.40. The lowest BCUT2D eigenvalue weighted by atomic mass is 9.60. The summed E-state index contributed by atoms with van der Waals surface area (Å²) in [4.78, 5) is 25.9. The van der Waals surface area contributed by atoms with Crippen LogP contribution in [0.25, 0.3) is 0 Å². The Morgan fingerprint density at radius 3 is 2.94 bits per heavy atom. The van der Waals surface area contributed by atoms with Crippen molar-refractivity contribution in [3.8, 4) is 11.5 Å². The molecule has 7 heteroatoms. The van der Waals surface area contributed by atoms with Gasteiger partial charge < -0.3 is 24.5 Å². The standard InChI is InChI=1S/C25H30N2O5/c1-15(5-8-18-4-3-11-31-18)26-23(28)21-12-17-7-6-16(21)14-25(17)27-24(29)20-10-9-19(30-2)13-22(20)32-25/h3-4,9-11,13,15-17,21H,5-8,12,14H2,1-2H3,(H,26,28)(H,27,29)/t15-,16-,17+,21+,25+/m1/s1. The molecule has 2 N–H and O–H groups in total. The van der Waals surface area contributed by atoms with Gasteiger partial charge in [0.25, 0.3) is 5.91 Å². The van der Waals surface area contributed by atoms with Gasteiger partial charge in [-0.05, 0) is 62.8 Å². The largest absolute Gasteiger partial charge is 0.497 e. The highest BCUT2D eigenvalue weighted by Crippen LogP contribution is 2.52. The van der Waals surface area contributed by atoms with Crippen LogP contribution >= 0.6 is 0 Å². The van der Waals surface area contributed by atoms with Gasteiger partial charge in [0.1, 0.15) is 17.3 Å². The van der Waals surface area contributed by atoms with Crippen molar-refractivity contribution < 1.29 is 23.5 Å². The second-order valence-corrected chi connectivity index (χ2v) is 9.42. The molecular formula is C25H30N2O5. The van der Waals surface area contributed by atoms with Gasteiger partial charge >= 0.3 is 0 Å². The van der Waals surface area contributed by atoms with Crippen molar-refractivity contribution in [3.63, 3.8) is 0 Å². The Morgan fingerprint density at radius 2 is 2.22 bits per heavy atom. The molecule has 0 unspecified atom stereocenters. The van der Waals surface area contributed by atoms with Gasteiger partial charge in [0.05, 0.1) is 18.9 Å². The molecule has 6 rings (SSSR count). The van der Waals surface area contributed by atoms with Crippen molar-refractivity contribution in [2.75, 3.05) is 7.11 Å². The zero-order valence-electron chi connectivity index (χ0n) is 18.6. The number of carbonyl (C=O) groups is 2. The Hall–Kier alpha value is -2.96. The number of furan rings is 1. The summed E-state index contributed by atoms with van der Waals surface area (Å²) in [6.45, 7) is 2.04. The summed E-state index contributed by atoms with van der Waals surface area (Å²) in [5.41, 5.74) is -0.210. The fraction of sp³-hybridized carbons (Fsp3) is 0.520. The van der Waals surface area contributed by atoms with Gasteiger partial charge in [0.2, 0.25) is 5.91 Å². The SMILES string of the molecule is COc1ccc2c(c1)O[C@]1(C[C@H]3CC[C@H]1C[C@@H]3C(=O)N[C@H](C)CCc1ccco1)NC2=O. The van der Waals surface area contributed by atoms with E-state index in [9.17, 15) is 9.59 Å². The number of methoxy groups -OCH3 is 1. The number of aryl methyl sites for hydroxylation is 1. The molecule has 2 bridgehead atoms. The van der Waals surface area contributed by atoms with E-state index in [1.807, 2.05) is 19.1 Å². The highest BCUT2D eigenvalue weighted by Gasteiger charge is 2.57. The Labute approximate surface area is 187 Å². The van der Waals surface area contributed by atoms with Gasteiger partial charge in [-0.25, -0.2) is 0 Å². The van der Waals surface area contributed by atoms with Crippen LogP contribution in [0, 0.1) is 17.8 Å². The fourth-order valence-electron chi connectivity index (χ4n) is 5.68. The van der Waals surface area contributed by atoms with Gasteiger partial charge in [-0.15, -0.1) is 0 Å². The van der Waals surface area contributed by atoms with Crippen LogP contribution in [-0.4, -0.2) is 30.7 Å². The highest BCUT2D eigenvalue weighted by atomic mass is 16.5. The molecule has 5 atom stereocenters. The summed E-state index contributed by atoms with van der Waals surface area (Å²) in [6.07, 6.45) is 6.62. The van der Waals surface area contributed by atoms with Crippen molar-refractivity contribution in [1.29, 1.82) is 0 Å². The average molecular weight is 439 g/mol. The average Bonchev–Trinajstić information content (AvgIpc) is 3.31. The predicted octanol–water partition coefficient (Wildman–Crippen LogP) is 3.68. The van der Waals surface area contributed by atoms with Gasteiger partial charge in [-0.3, -0.25) is 9.59 Å². The van der Waals surface area contributed by atoms with Crippen LogP contribution in [0.15, 0.2) is 41.0 Å². The summed E-state index contributed by atoms with van der Waals surface area (Å²) in [5.74, 6) is 2.41. The quantitative estimate of drug-likeness (QED) is 0.718. The lowest BCUT2D eigenvalue weighted by Crippen LogP contribution is -2.67. The molecule has 1 aliphatic heterocycles. The number of carbonyl (C=O) groups excluding carboxylic acids is 2. The van der Waals surface area contributed by atoms with E-state index in [0.717, 1.165) is 37.9 Å². The van der Waals surface area contributed by atoms with E-state index in [-0.39, 0.29) is 35.6 Å². The minimum Gasteiger partial charge on any atom is -0.497 e. The number of nitrogens with one attached hydrogen (secondary N) is 2. The number of hydrogen-bond donors (Lipinski definition) is 2. The maximum atomic E-state index is 13.1. The van der Waals surface area contributed by atoms with Crippen molar-refractivity contribution in [3.05, 3.63) is 47.9 Å². The predicted molar refractivity (Wildman–Crippen MR) is 117 cm³/mol. The smallest absolute Gasteiger partial charge is 0.258 e. The molecule has 2 aromatic rings. The molecule has 1 aromatic carbocycles. The number of fused-ring (bicyclic) bond motifs is 3. The van der Waals surface area contributed by atoms with Gasteiger partial charge in [0, 0.05) is 36.8 Å². The highest BCUT2D eigenvalue weighted by molar-refractivity contribution is 5.98. The Morgan fingerprint density at radius 1 is 1.34 bits per heavy atom. The molecule has 3 fully saturated rings. The zero-order valence-corrected chi connectivity index (χ0v) is 18.6. The van der Waals surface area contributed by atoms with Crippen LogP contribution in [0.1, 0.15) is 55.1 Å². The van der Waals surface area contributed by atoms with E-state index in [1.54, 1.807) is 31.6 Å². The van der Waals surface area contributed by atoms with E-state index in [0.29, 0.717) is 23.5 Å². The van der Waals surface area contributed by atoms with Crippen LogP contribution in [0.5, 0.6) is 11.5 Å². The first-order chi connectivity index (χ1) is 15.5.